The number of likely N-dealkylation sites (tertiary alicyclic amines) is 1. The van der Waals surface area contributed by atoms with Crippen molar-refractivity contribution in [3.8, 4) is 5.75 Å². The summed E-state index contributed by atoms with van der Waals surface area (Å²) < 4.78 is 7.33. The predicted octanol–water partition coefficient (Wildman–Crippen LogP) is 4.02. The van der Waals surface area contributed by atoms with E-state index in [1.54, 1.807) is 7.11 Å². The van der Waals surface area contributed by atoms with Gasteiger partial charge >= 0.3 is 0 Å². The van der Waals surface area contributed by atoms with Crippen LogP contribution in [0.3, 0.4) is 0 Å². The highest BCUT2D eigenvalue weighted by Gasteiger charge is 2.12. The molecule has 5 rings (SSSR count). The number of hydrogen-bond acceptors (Lipinski definition) is 5. The van der Waals surface area contributed by atoms with Crippen LogP contribution in [0.1, 0.15) is 18.4 Å². The second-order valence-electron chi connectivity index (χ2n) is 8.89. The summed E-state index contributed by atoms with van der Waals surface area (Å²) in [5.41, 5.74) is 2.98. The molecule has 1 aliphatic heterocycles. The highest BCUT2D eigenvalue weighted by Crippen LogP contribution is 2.22. The Hall–Kier alpha value is -3.42. The van der Waals surface area contributed by atoms with Gasteiger partial charge < -0.3 is 20.3 Å². The van der Waals surface area contributed by atoms with Crippen LogP contribution in [0.5, 0.6) is 5.75 Å². The van der Waals surface area contributed by atoms with E-state index in [2.05, 4.69) is 44.9 Å². The van der Waals surface area contributed by atoms with Crippen molar-refractivity contribution < 1.29 is 9.53 Å². The first-order valence-corrected chi connectivity index (χ1v) is 11.9. The van der Waals surface area contributed by atoms with Gasteiger partial charge in [-0.05, 0) is 78.7 Å². The van der Waals surface area contributed by atoms with Crippen molar-refractivity contribution >= 4 is 33.3 Å². The molecule has 7 nitrogen and oxygen atoms in total. The lowest BCUT2D eigenvalue weighted by Crippen LogP contribution is -2.27. The zero-order valence-electron chi connectivity index (χ0n) is 19.6. The molecular weight excluding hydrogens is 426 g/mol. The van der Waals surface area contributed by atoms with Gasteiger partial charge in [-0.25, -0.2) is 0 Å². The number of hydrogen-bond donors (Lipinski definition) is 2. The smallest absolute Gasteiger partial charge is 0.238 e. The molecule has 3 aromatic carbocycles. The molecule has 1 saturated heterocycles. The Morgan fingerprint density at radius 3 is 2.62 bits per heavy atom. The molecule has 0 spiro atoms. The number of nitrogens with one attached hydrogen (secondary N) is 2. The molecule has 0 atom stereocenters. The highest BCUT2D eigenvalue weighted by molar-refractivity contribution is 5.94. The topological polar surface area (TPSA) is 71.4 Å². The maximum Gasteiger partial charge on any atom is 0.238 e. The molecule has 0 radical (unpaired) electrons. The van der Waals surface area contributed by atoms with Crippen LogP contribution in [0.4, 0.5) is 5.69 Å². The van der Waals surface area contributed by atoms with Crippen LogP contribution in [-0.2, 0) is 17.9 Å². The van der Waals surface area contributed by atoms with Crippen LogP contribution in [0.25, 0.3) is 21.7 Å². The number of ether oxygens (including phenoxy) is 1. The van der Waals surface area contributed by atoms with Crippen LogP contribution >= 0.6 is 0 Å². The lowest BCUT2D eigenvalue weighted by molar-refractivity contribution is -0.115. The first-order chi connectivity index (χ1) is 16.7. The van der Waals surface area contributed by atoms with E-state index in [9.17, 15) is 4.79 Å². The zero-order valence-corrected chi connectivity index (χ0v) is 19.6. The van der Waals surface area contributed by atoms with E-state index in [-0.39, 0.29) is 12.5 Å². The van der Waals surface area contributed by atoms with Crippen molar-refractivity contribution in [2.75, 3.05) is 38.6 Å². The number of anilines is 1. The van der Waals surface area contributed by atoms with E-state index in [0.717, 1.165) is 51.8 Å². The summed E-state index contributed by atoms with van der Waals surface area (Å²) in [7, 11) is 1.67. The number of aromatic nitrogens is 2. The molecule has 34 heavy (non-hydrogen) atoms. The van der Waals surface area contributed by atoms with Crippen LogP contribution in [0.2, 0.25) is 0 Å². The molecule has 0 bridgehead atoms. The Morgan fingerprint density at radius 1 is 0.971 bits per heavy atom. The SMILES string of the molecule is COc1ccc2cc(CNCC(=O)Nc3ccc4cnn(CCN5CCCC5)c4c3)ccc2c1. The first-order valence-electron chi connectivity index (χ1n) is 11.9. The van der Waals surface area contributed by atoms with Crippen molar-refractivity contribution in [2.24, 2.45) is 0 Å². The Bertz CT molecular complexity index is 1290. The summed E-state index contributed by atoms with van der Waals surface area (Å²) in [4.78, 5) is 15.0. The molecule has 2 N–H and O–H groups in total. The molecule has 1 amide bonds. The fourth-order valence-corrected chi connectivity index (χ4v) is 4.60. The van der Waals surface area contributed by atoms with Crippen LogP contribution in [0, 0.1) is 0 Å². The Labute approximate surface area is 199 Å². The zero-order chi connectivity index (χ0) is 23.3. The molecule has 0 unspecified atom stereocenters. The molecule has 1 aromatic heterocycles. The standard InChI is InChI=1S/C27H31N5O2/c1-34-25-9-7-21-14-20(4-5-22(21)15-25)17-28-19-27(33)30-24-8-6-23-18-29-32(26(23)16-24)13-12-31-10-2-3-11-31/h4-9,14-16,18,28H,2-3,10-13,17,19H2,1H3,(H,30,33). The van der Waals surface area contributed by atoms with Gasteiger partial charge in [-0.1, -0.05) is 18.2 Å². The number of carbonyl (C=O) groups is 1. The van der Waals surface area contributed by atoms with Gasteiger partial charge in [-0.2, -0.15) is 5.10 Å². The number of nitrogens with zero attached hydrogens (tertiary/aromatic N) is 3. The lowest BCUT2D eigenvalue weighted by Gasteiger charge is -2.14. The molecule has 1 aliphatic rings. The largest absolute Gasteiger partial charge is 0.497 e. The van der Waals surface area contributed by atoms with E-state index >= 15 is 0 Å². The predicted molar refractivity (Wildman–Crippen MR) is 136 cm³/mol. The maximum atomic E-state index is 12.5. The third-order valence-corrected chi connectivity index (χ3v) is 6.48. The fourth-order valence-electron chi connectivity index (χ4n) is 4.60. The number of methoxy groups -OCH3 is 1. The van der Waals surface area contributed by atoms with E-state index < -0.39 is 0 Å². The van der Waals surface area contributed by atoms with Gasteiger partial charge in [0.15, 0.2) is 0 Å². The average Bonchev–Trinajstić information content (AvgIpc) is 3.52. The number of rotatable bonds is 9. The Kier molecular flexibility index (Phi) is 6.74. The molecule has 2 heterocycles. The van der Waals surface area contributed by atoms with Gasteiger partial charge in [0, 0.05) is 24.2 Å². The molecule has 7 heteroatoms. The summed E-state index contributed by atoms with van der Waals surface area (Å²) in [5, 5.41) is 14.2. The number of benzene rings is 3. The summed E-state index contributed by atoms with van der Waals surface area (Å²) >= 11 is 0. The fraction of sp³-hybridized carbons (Fsp3) is 0.333. The van der Waals surface area contributed by atoms with E-state index in [4.69, 9.17) is 4.74 Å². The van der Waals surface area contributed by atoms with Gasteiger partial charge in [0.1, 0.15) is 5.75 Å². The maximum absolute atomic E-state index is 12.5. The Morgan fingerprint density at radius 2 is 1.76 bits per heavy atom. The molecule has 0 aliphatic carbocycles. The van der Waals surface area contributed by atoms with Gasteiger partial charge in [0.25, 0.3) is 0 Å². The normalized spacial score (nSPS) is 14.1. The number of carbonyl (C=O) groups excluding carboxylic acids is 1. The molecule has 0 saturated carbocycles. The first kappa shape index (κ1) is 22.4. The second kappa shape index (κ2) is 10.2. The second-order valence-corrected chi connectivity index (χ2v) is 8.89. The number of amides is 1. The van der Waals surface area contributed by atoms with Gasteiger partial charge in [-0.15, -0.1) is 0 Å². The lowest BCUT2D eigenvalue weighted by atomic mass is 10.1. The highest BCUT2D eigenvalue weighted by atomic mass is 16.5. The minimum atomic E-state index is -0.0620. The van der Waals surface area contributed by atoms with Crippen molar-refractivity contribution in [1.29, 1.82) is 0 Å². The van der Waals surface area contributed by atoms with Crippen molar-refractivity contribution in [1.82, 2.24) is 20.0 Å². The number of fused-ring (bicyclic) bond motifs is 2. The van der Waals surface area contributed by atoms with Gasteiger partial charge in [0.05, 0.1) is 31.9 Å². The van der Waals surface area contributed by atoms with Crippen molar-refractivity contribution in [2.45, 2.75) is 25.9 Å². The Balaban J connectivity index is 1.15. The average molecular weight is 458 g/mol. The molecule has 1 fully saturated rings. The summed E-state index contributed by atoms with van der Waals surface area (Å²) in [5.74, 6) is 0.788. The van der Waals surface area contributed by atoms with E-state index in [1.165, 1.54) is 25.9 Å². The van der Waals surface area contributed by atoms with Gasteiger partial charge in [0.2, 0.25) is 5.91 Å². The molecular formula is C27H31N5O2. The summed E-state index contributed by atoms with van der Waals surface area (Å²) in [6, 6.07) is 18.3. The third-order valence-electron chi connectivity index (χ3n) is 6.48. The van der Waals surface area contributed by atoms with Crippen LogP contribution in [0.15, 0.2) is 60.8 Å². The van der Waals surface area contributed by atoms with Crippen molar-refractivity contribution in [3.63, 3.8) is 0 Å². The van der Waals surface area contributed by atoms with Crippen LogP contribution < -0.4 is 15.4 Å². The monoisotopic (exact) mass is 457 g/mol. The summed E-state index contributed by atoms with van der Waals surface area (Å²) in [6.07, 6.45) is 4.48. The summed E-state index contributed by atoms with van der Waals surface area (Å²) in [6.45, 7) is 5.11. The van der Waals surface area contributed by atoms with Crippen molar-refractivity contribution in [3.05, 3.63) is 66.4 Å². The molecule has 176 valence electrons. The van der Waals surface area contributed by atoms with Crippen LogP contribution in [-0.4, -0.2) is 53.9 Å². The van der Waals surface area contributed by atoms with E-state index in [0.29, 0.717) is 6.54 Å². The van der Waals surface area contributed by atoms with E-state index in [1.807, 2.05) is 41.2 Å². The minimum Gasteiger partial charge on any atom is -0.497 e. The third kappa shape index (κ3) is 5.21. The quantitative estimate of drug-likeness (QED) is 0.397. The minimum absolute atomic E-state index is 0.0620. The van der Waals surface area contributed by atoms with Gasteiger partial charge in [-0.3, -0.25) is 9.48 Å². The molecule has 4 aromatic rings.